The molecule has 0 spiro atoms. The van der Waals surface area contributed by atoms with Crippen LogP contribution in [0.2, 0.25) is 0 Å². The molecule has 0 radical (unpaired) electrons. The van der Waals surface area contributed by atoms with Gasteiger partial charge < -0.3 is 14.5 Å². The van der Waals surface area contributed by atoms with Gasteiger partial charge in [0, 0.05) is 11.5 Å². The number of hydrogen-bond acceptors (Lipinski definition) is 3. The minimum Gasteiger partial charge on any atom is -0.489 e. The first-order valence-corrected chi connectivity index (χ1v) is 6.88. The van der Waals surface area contributed by atoms with Crippen molar-refractivity contribution in [3.63, 3.8) is 0 Å². The van der Waals surface area contributed by atoms with Gasteiger partial charge in [0.2, 0.25) is 0 Å². The molecule has 0 amide bonds. The third-order valence-corrected chi connectivity index (χ3v) is 3.63. The van der Waals surface area contributed by atoms with Crippen LogP contribution in [-0.2, 0) is 6.61 Å². The van der Waals surface area contributed by atoms with Gasteiger partial charge in [-0.25, -0.2) is 0 Å². The van der Waals surface area contributed by atoms with Gasteiger partial charge in [0.1, 0.15) is 18.1 Å². The molecule has 1 aliphatic rings. The van der Waals surface area contributed by atoms with E-state index in [0.29, 0.717) is 12.5 Å². The molecule has 1 fully saturated rings. The van der Waals surface area contributed by atoms with Crippen LogP contribution in [0.15, 0.2) is 47.1 Å². The van der Waals surface area contributed by atoms with Gasteiger partial charge in [0.15, 0.2) is 0 Å². The molecular weight excluding hydrogens is 238 g/mol. The Hall–Kier alpha value is -1.74. The van der Waals surface area contributed by atoms with Crippen molar-refractivity contribution < 1.29 is 9.15 Å². The lowest BCUT2D eigenvalue weighted by Gasteiger charge is -2.21. The Bertz CT molecular complexity index is 500. The number of para-hydroxylation sites is 1. The summed E-state index contributed by atoms with van der Waals surface area (Å²) in [6.07, 6.45) is 4.07. The topological polar surface area (TPSA) is 34.4 Å². The molecule has 100 valence electrons. The summed E-state index contributed by atoms with van der Waals surface area (Å²) in [5.41, 5.74) is 1.18. The third kappa shape index (κ3) is 2.99. The van der Waals surface area contributed by atoms with Gasteiger partial charge in [-0.1, -0.05) is 18.2 Å². The minimum atomic E-state index is 0.533. The van der Waals surface area contributed by atoms with E-state index >= 15 is 0 Å². The van der Waals surface area contributed by atoms with Crippen molar-refractivity contribution in [1.82, 2.24) is 5.32 Å². The van der Waals surface area contributed by atoms with E-state index in [4.69, 9.17) is 9.15 Å². The molecule has 19 heavy (non-hydrogen) atoms. The van der Waals surface area contributed by atoms with Crippen molar-refractivity contribution in [1.29, 1.82) is 0 Å². The normalized spacial score (nSPS) is 16.4. The minimum absolute atomic E-state index is 0.533. The van der Waals surface area contributed by atoms with Crippen molar-refractivity contribution in [2.45, 2.75) is 25.4 Å². The molecule has 3 rings (SSSR count). The third-order valence-electron chi connectivity index (χ3n) is 3.63. The first-order chi connectivity index (χ1) is 9.43. The highest BCUT2D eigenvalue weighted by atomic mass is 16.5. The number of piperidine rings is 1. The summed E-state index contributed by atoms with van der Waals surface area (Å²) in [6, 6.07) is 11.9. The summed E-state index contributed by atoms with van der Waals surface area (Å²) < 4.78 is 11.5. The largest absolute Gasteiger partial charge is 0.489 e. The smallest absolute Gasteiger partial charge is 0.119 e. The Morgan fingerprint density at radius 2 is 1.89 bits per heavy atom. The monoisotopic (exact) mass is 257 g/mol. The predicted octanol–water partition coefficient (Wildman–Crippen LogP) is 3.33. The number of furan rings is 1. The summed E-state index contributed by atoms with van der Waals surface area (Å²) in [5.74, 6) is 2.54. The molecule has 1 aromatic heterocycles. The van der Waals surface area contributed by atoms with E-state index in [1.165, 1.54) is 5.56 Å². The van der Waals surface area contributed by atoms with Crippen LogP contribution in [0.5, 0.6) is 5.75 Å². The molecule has 2 aromatic rings. The van der Waals surface area contributed by atoms with Crippen molar-refractivity contribution in [2.75, 3.05) is 13.1 Å². The maximum Gasteiger partial charge on any atom is 0.119 e. The maximum atomic E-state index is 5.81. The lowest BCUT2D eigenvalue weighted by atomic mass is 9.93. The fourth-order valence-corrected chi connectivity index (χ4v) is 2.59. The number of hydrogen-bond donors (Lipinski definition) is 1. The van der Waals surface area contributed by atoms with Crippen LogP contribution in [0.4, 0.5) is 0 Å². The summed E-state index contributed by atoms with van der Waals surface area (Å²) in [5, 5.41) is 3.38. The lowest BCUT2D eigenvalue weighted by Crippen LogP contribution is -2.26. The van der Waals surface area contributed by atoms with E-state index in [0.717, 1.165) is 37.4 Å². The summed E-state index contributed by atoms with van der Waals surface area (Å²) in [7, 11) is 0. The van der Waals surface area contributed by atoms with Gasteiger partial charge in [0.05, 0.1) is 6.26 Å². The molecule has 2 heterocycles. The molecule has 0 saturated carbocycles. The standard InChI is InChI=1S/C16H19NO2/c1-2-4-15(5-3-1)19-12-14-8-11-18-16(14)13-6-9-17-10-7-13/h1-5,8,11,13,17H,6-7,9-10,12H2. The van der Waals surface area contributed by atoms with Crippen LogP contribution in [0.3, 0.4) is 0 Å². The van der Waals surface area contributed by atoms with E-state index in [1.54, 1.807) is 6.26 Å². The van der Waals surface area contributed by atoms with Crippen LogP contribution in [0.1, 0.15) is 30.1 Å². The van der Waals surface area contributed by atoms with Gasteiger partial charge in [-0.15, -0.1) is 0 Å². The molecule has 3 nitrogen and oxygen atoms in total. The van der Waals surface area contributed by atoms with Gasteiger partial charge in [-0.05, 0) is 44.1 Å². The Morgan fingerprint density at radius 1 is 1.11 bits per heavy atom. The van der Waals surface area contributed by atoms with Crippen LogP contribution in [0.25, 0.3) is 0 Å². The molecule has 0 aliphatic carbocycles. The fraction of sp³-hybridized carbons (Fsp3) is 0.375. The Kier molecular flexibility index (Phi) is 3.84. The van der Waals surface area contributed by atoms with Gasteiger partial charge >= 0.3 is 0 Å². The quantitative estimate of drug-likeness (QED) is 0.912. The Morgan fingerprint density at radius 3 is 2.68 bits per heavy atom. The lowest BCUT2D eigenvalue weighted by molar-refractivity contribution is 0.296. The SMILES string of the molecule is c1ccc(OCc2ccoc2C2CCNCC2)cc1. The number of ether oxygens (including phenoxy) is 1. The highest BCUT2D eigenvalue weighted by molar-refractivity contribution is 5.24. The summed E-state index contributed by atoms with van der Waals surface area (Å²) >= 11 is 0. The van der Waals surface area contributed by atoms with Crippen molar-refractivity contribution >= 4 is 0 Å². The van der Waals surface area contributed by atoms with Crippen molar-refractivity contribution in [3.8, 4) is 5.75 Å². The molecule has 1 saturated heterocycles. The highest BCUT2D eigenvalue weighted by Gasteiger charge is 2.21. The molecule has 0 bridgehead atoms. The first kappa shape index (κ1) is 12.3. The van der Waals surface area contributed by atoms with Gasteiger partial charge in [-0.3, -0.25) is 0 Å². The average molecular weight is 257 g/mol. The van der Waals surface area contributed by atoms with Crippen LogP contribution in [0, 0.1) is 0 Å². The van der Waals surface area contributed by atoms with E-state index in [2.05, 4.69) is 5.32 Å². The Balaban J connectivity index is 1.66. The predicted molar refractivity (Wildman–Crippen MR) is 74.3 cm³/mol. The zero-order chi connectivity index (χ0) is 12.9. The summed E-state index contributed by atoms with van der Waals surface area (Å²) in [4.78, 5) is 0. The van der Waals surface area contributed by atoms with Crippen LogP contribution < -0.4 is 10.1 Å². The second kappa shape index (κ2) is 5.93. The summed E-state index contributed by atoms with van der Waals surface area (Å²) in [6.45, 7) is 2.73. The Labute approximate surface area is 113 Å². The molecule has 1 aromatic carbocycles. The molecule has 3 heteroatoms. The highest BCUT2D eigenvalue weighted by Crippen LogP contribution is 2.29. The van der Waals surface area contributed by atoms with Crippen LogP contribution in [-0.4, -0.2) is 13.1 Å². The van der Waals surface area contributed by atoms with Crippen LogP contribution >= 0.6 is 0 Å². The number of rotatable bonds is 4. The van der Waals surface area contributed by atoms with Gasteiger partial charge in [0.25, 0.3) is 0 Å². The van der Waals surface area contributed by atoms with Crippen molar-refractivity contribution in [3.05, 3.63) is 54.0 Å². The molecule has 1 N–H and O–H groups in total. The molecular formula is C16H19NO2. The van der Waals surface area contributed by atoms with E-state index < -0.39 is 0 Å². The maximum absolute atomic E-state index is 5.81. The number of benzene rings is 1. The first-order valence-electron chi connectivity index (χ1n) is 6.88. The second-order valence-electron chi connectivity index (χ2n) is 4.94. The zero-order valence-electron chi connectivity index (χ0n) is 11.0. The zero-order valence-corrected chi connectivity index (χ0v) is 11.0. The molecule has 1 aliphatic heterocycles. The molecule has 0 atom stereocenters. The van der Waals surface area contributed by atoms with E-state index in [-0.39, 0.29) is 0 Å². The second-order valence-corrected chi connectivity index (χ2v) is 4.94. The van der Waals surface area contributed by atoms with Crippen molar-refractivity contribution in [2.24, 2.45) is 0 Å². The number of nitrogens with one attached hydrogen (secondary N) is 1. The average Bonchev–Trinajstić information content (AvgIpc) is 2.95. The van der Waals surface area contributed by atoms with Gasteiger partial charge in [-0.2, -0.15) is 0 Å². The van der Waals surface area contributed by atoms with E-state index in [1.807, 2.05) is 36.4 Å². The fourth-order valence-electron chi connectivity index (χ4n) is 2.59. The van der Waals surface area contributed by atoms with E-state index in [9.17, 15) is 0 Å². The molecule has 0 unspecified atom stereocenters.